The van der Waals surface area contributed by atoms with Crippen LogP contribution in [0.15, 0.2) is 48.5 Å². The molecule has 1 fully saturated rings. The number of nitrogens with zero attached hydrogens (tertiary/aromatic N) is 1. The van der Waals surface area contributed by atoms with Gasteiger partial charge in [-0.1, -0.05) is 75.7 Å². The zero-order valence-electron chi connectivity index (χ0n) is 20.6. The van der Waals surface area contributed by atoms with Crippen molar-refractivity contribution in [2.24, 2.45) is 11.3 Å². The van der Waals surface area contributed by atoms with Gasteiger partial charge in [0.2, 0.25) is 5.91 Å². The van der Waals surface area contributed by atoms with Crippen LogP contribution in [0.3, 0.4) is 0 Å². The highest BCUT2D eigenvalue weighted by molar-refractivity contribution is 5.87. The molecule has 0 bridgehead atoms. The summed E-state index contributed by atoms with van der Waals surface area (Å²) in [6, 6.07) is 15.5. The van der Waals surface area contributed by atoms with Crippen molar-refractivity contribution < 1.29 is 24.2 Å². The first-order valence-electron chi connectivity index (χ1n) is 12.4. The van der Waals surface area contributed by atoms with Gasteiger partial charge in [-0.25, -0.2) is 4.79 Å². The molecule has 7 heteroatoms. The zero-order chi connectivity index (χ0) is 25.2. The number of benzene rings is 2. The summed E-state index contributed by atoms with van der Waals surface area (Å²) in [6.45, 7) is 6.38. The van der Waals surface area contributed by atoms with Crippen LogP contribution in [0.1, 0.15) is 57.1 Å². The minimum atomic E-state index is -0.907. The van der Waals surface area contributed by atoms with Crippen molar-refractivity contribution in [3.63, 3.8) is 0 Å². The number of carboxylic acids is 1. The molecule has 2 aliphatic rings. The van der Waals surface area contributed by atoms with Gasteiger partial charge in [-0.3, -0.25) is 9.59 Å². The molecule has 2 aromatic rings. The molecule has 7 nitrogen and oxygen atoms in total. The van der Waals surface area contributed by atoms with Gasteiger partial charge in [0, 0.05) is 19.0 Å². The van der Waals surface area contributed by atoms with E-state index in [1.54, 1.807) is 4.90 Å². The average Bonchev–Trinajstić information content (AvgIpc) is 3.41. The van der Waals surface area contributed by atoms with E-state index < -0.39 is 23.5 Å². The van der Waals surface area contributed by atoms with Crippen molar-refractivity contribution in [2.45, 2.75) is 52.0 Å². The Morgan fingerprint density at radius 1 is 1.09 bits per heavy atom. The zero-order valence-corrected chi connectivity index (χ0v) is 20.6. The van der Waals surface area contributed by atoms with E-state index in [1.807, 2.05) is 45.0 Å². The van der Waals surface area contributed by atoms with Crippen LogP contribution in [0.4, 0.5) is 4.79 Å². The largest absolute Gasteiger partial charge is 0.481 e. The Hall–Kier alpha value is -3.35. The fraction of sp³-hybridized carbons (Fsp3) is 0.464. The van der Waals surface area contributed by atoms with Crippen LogP contribution in [0, 0.1) is 11.3 Å². The lowest BCUT2D eigenvalue weighted by Gasteiger charge is -2.28. The van der Waals surface area contributed by atoms with E-state index in [2.05, 4.69) is 29.6 Å². The number of alkyl carbamates (subject to hydrolysis) is 1. The van der Waals surface area contributed by atoms with Crippen molar-refractivity contribution in [2.75, 3.05) is 19.7 Å². The summed E-state index contributed by atoms with van der Waals surface area (Å²) in [7, 11) is 0. The van der Waals surface area contributed by atoms with Crippen LogP contribution in [-0.4, -0.2) is 53.7 Å². The van der Waals surface area contributed by atoms with E-state index in [1.165, 1.54) is 0 Å². The van der Waals surface area contributed by atoms with Gasteiger partial charge >= 0.3 is 12.1 Å². The Morgan fingerprint density at radius 2 is 1.69 bits per heavy atom. The quantitative estimate of drug-likeness (QED) is 0.576. The van der Waals surface area contributed by atoms with E-state index in [9.17, 15) is 19.5 Å². The molecule has 4 rings (SSSR count). The molecule has 0 radical (unpaired) electrons. The minimum Gasteiger partial charge on any atom is -0.481 e. The van der Waals surface area contributed by atoms with Crippen molar-refractivity contribution in [1.29, 1.82) is 0 Å². The van der Waals surface area contributed by atoms with Gasteiger partial charge in [0.15, 0.2) is 0 Å². The molecule has 2 amide bonds. The van der Waals surface area contributed by atoms with Crippen LogP contribution in [0.2, 0.25) is 0 Å². The number of fused-ring (bicyclic) bond motifs is 3. The van der Waals surface area contributed by atoms with Crippen LogP contribution in [0.5, 0.6) is 0 Å². The number of carboxylic acid groups (broad SMARTS) is 1. The number of aliphatic carboxylic acids is 1. The first kappa shape index (κ1) is 24.8. The van der Waals surface area contributed by atoms with E-state index in [-0.39, 0.29) is 30.9 Å². The van der Waals surface area contributed by atoms with Crippen LogP contribution < -0.4 is 5.32 Å². The standard InChI is InChI=1S/C28H34N2O5/c1-4-13-28(26(32)33)14-15-30(17-28)25(31)24(18(2)3)29-27(34)35-16-23-21-11-7-5-9-19(21)20-10-6-8-12-22(20)23/h5-12,18,23-24H,4,13-17H2,1-3H3,(H,29,34)(H,32,33). The summed E-state index contributed by atoms with van der Waals surface area (Å²) in [5.41, 5.74) is 3.63. The molecule has 2 unspecified atom stereocenters. The number of carbonyl (C=O) groups excluding carboxylic acids is 2. The lowest BCUT2D eigenvalue weighted by atomic mass is 9.83. The van der Waals surface area contributed by atoms with E-state index in [0.29, 0.717) is 19.4 Å². The van der Waals surface area contributed by atoms with Gasteiger partial charge in [0.05, 0.1) is 5.41 Å². The topological polar surface area (TPSA) is 95.9 Å². The van der Waals surface area contributed by atoms with Crippen molar-refractivity contribution in [1.82, 2.24) is 10.2 Å². The molecule has 0 spiro atoms. The molecule has 1 aliphatic heterocycles. The monoisotopic (exact) mass is 478 g/mol. The lowest BCUT2D eigenvalue weighted by molar-refractivity contribution is -0.149. The maximum Gasteiger partial charge on any atom is 0.407 e. The highest BCUT2D eigenvalue weighted by atomic mass is 16.5. The summed E-state index contributed by atoms with van der Waals surface area (Å²) >= 11 is 0. The summed E-state index contributed by atoms with van der Waals surface area (Å²) < 4.78 is 5.64. The maximum atomic E-state index is 13.3. The van der Waals surface area contributed by atoms with Gasteiger partial charge in [-0.05, 0) is 41.0 Å². The molecule has 186 valence electrons. The molecule has 1 heterocycles. The second-order valence-electron chi connectivity index (χ2n) is 10.0. The number of hydrogen-bond donors (Lipinski definition) is 2. The number of amides is 2. The smallest absolute Gasteiger partial charge is 0.407 e. The van der Waals surface area contributed by atoms with Gasteiger partial charge in [0.1, 0.15) is 12.6 Å². The first-order valence-corrected chi connectivity index (χ1v) is 12.4. The number of rotatable bonds is 8. The van der Waals surface area contributed by atoms with Gasteiger partial charge < -0.3 is 20.1 Å². The molecule has 2 aromatic carbocycles. The number of nitrogens with one attached hydrogen (secondary N) is 1. The van der Waals surface area contributed by atoms with Crippen LogP contribution >= 0.6 is 0 Å². The predicted molar refractivity (Wildman–Crippen MR) is 133 cm³/mol. The first-order chi connectivity index (χ1) is 16.8. The summed E-state index contributed by atoms with van der Waals surface area (Å²) in [5.74, 6) is -1.35. The summed E-state index contributed by atoms with van der Waals surface area (Å²) in [6.07, 6.45) is 1.05. The van der Waals surface area contributed by atoms with Crippen molar-refractivity contribution in [3.8, 4) is 11.1 Å². The number of likely N-dealkylation sites (tertiary alicyclic amines) is 1. The molecule has 0 aromatic heterocycles. The van der Waals surface area contributed by atoms with Crippen LogP contribution in [-0.2, 0) is 14.3 Å². The molecular formula is C28H34N2O5. The SMILES string of the molecule is CCCC1(C(=O)O)CCN(C(=O)C(NC(=O)OCC2c3ccccc3-c3ccccc32)C(C)C)C1. The van der Waals surface area contributed by atoms with Gasteiger partial charge in [0.25, 0.3) is 0 Å². The third kappa shape index (κ3) is 4.77. The van der Waals surface area contributed by atoms with Crippen molar-refractivity contribution >= 4 is 18.0 Å². The highest BCUT2D eigenvalue weighted by Gasteiger charge is 2.46. The Labute approximate surface area is 206 Å². The van der Waals surface area contributed by atoms with Gasteiger partial charge in [-0.15, -0.1) is 0 Å². The van der Waals surface area contributed by atoms with E-state index in [0.717, 1.165) is 28.7 Å². The van der Waals surface area contributed by atoms with Crippen molar-refractivity contribution in [3.05, 3.63) is 59.7 Å². The maximum absolute atomic E-state index is 13.3. The molecular weight excluding hydrogens is 444 g/mol. The van der Waals surface area contributed by atoms with Gasteiger partial charge in [-0.2, -0.15) is 0 Å². The Morgan fingerprint density at radius 3 is 2.23 bits per heavy atom. The second kappa shape index (κ2) is 10.1. The summed E-state index contributed by atoms with van der Waals surface area (Å²) in [4.78, 5) is 39.6. The second-order valence-corrected chi connectivity index (χ2v) is 10.0. The van der Waals surface area contributed by atoms with Crippen LogP contribution in [0.25, 0.3) is 11.1 Å². The average molecular weight is 479 g/mol. The predicted octanol–water partition coefficient (Wildman–Crippen LogP) is 4.65. The fourth-order valence-corrected chi connectivity index (χ4v) is 5.50. The highest BCUT2D eigenvalue weighted by Crippen LogP contribution is 2.44. The molecule has 1 aliphatic carbocycles. The lowest BCUT2D eigenvalue weighted by Crippen LogP contribution is -2.51. The molecule has 35 heavy (non-hydrogen) atoms. The third-order valence-corrected chi connectivity index (χ3v) is 7.40. The third-order valence-electron chi connectivity index (χ3n) is 7.40. The normalized spacial score (nSPS) is 19.8. The number of ether oxygens (including phenoxy) is 1. The molecule has 2 N–H and O–H groups in total. The Kier molecular flexibility index (Phi) is 7.15. The fourth-order valence-electron chi connectivity index (χ4n) is 5.50. The molecule has 1 saturated heterocycles. The number of hydrogen-bond acceptors (Lipinski definition) is 4. The molecule has 0 saturated carbocycles. The van der Waals surface area contributed by atoms with E-state index in [4.69, 9.17) is 4.74 Å². The number of carbonyl (C=O) groups is 3. The Bertz CT molecular complexity index is 1070. The molecule has 2 atom stereocenters. The minimum absolute atomic E-state index is 0.0647. The van der Waals surface area contributed by atoms with E-state index >= 15 is 0 Å². The summed E-state index contributed by atoms with van der Waals surface area (Å²) in [5, 5.41) is 12.5. The Balaban J connectivity index is 1.41.